The number of benzene rings is 1. The fourth-order valence-electron chi connectivity index (χ4n) is 1.84. The lowest BCUT2D eigenvalue weighted by Crippen LogP contribution is -2.37. The number of ether oxygens (including phenoxy) is 1. The number of aliphatic hydroxyl groups is 1. The maximum atomic E-state index is 11.5. The number of hydrogen-bond donors (Lipinski definition) is 3. The Morgan fingerprint density at radius 1 is 1.30 bits per heavy atom. The van der Waals surface area contributed by atoms with Crippen molar-refractivity contribution in [1.29, 1.82) is 0 Å². The molecule has 0 radical (unpaired) electrons. The number of urea groups is 1. The van der Waals surface area contributed by atoms with Crippen LogP contribution >= 0.6 is 0 Å². The number of amides is 2. The van der Waals surface area contributed by atoms with Crippen LogP contribution < -0.4 is 15.4 Å². The Morgan fingerprint density at radius 2 is 2.00 bits per heavy atom. The van der Waals surface area contributed by atoms with E-state index in [1.165, 1.54) is 0 Å². The van der Waals surface area contributed by atoms with E-state index in [0.717, 1.165) is 17.7 Å². The number of nitrogens with one attached hydrogen (secondary N) is 2. The van der Waals surface area contributed by atoms with Crippen molar-refractivity contribution in [1.82, 2.24) is 10.6 Å². The van der Waals surface area contributed by atoms with E-state index >= 15 is 0 Å². The van der Waals surface area contributed by atoms with Gasteiger partial charge in [-0.3, -0.25) is 0 Å². The Kier molecular flexibility index (Phi) is 7.50. The van der Waals surface area contributed by atoms with E-state index in [4.69, 9.17) is 4.74 Å². The van der Waals surface area contributed by atoms with Crippen molar-refractivity contribution in [3.05, 3.63) is 29.8 Å². The van der Waals surface area contributed by atoms with Gasteiger partial charge < -0.3 is 20.5 Å². The van der Waals surface area contributed by atoms with Gasteiger partial charge in [0.15, 0.2) is 0 Å². The van der Waals surface area contributed by atoms with Crippen molar-refractivity contribution in [3.63, 3.8) is 0 Å². The van der Waals surface area contributed by atoms with Crippen LogP contribution in [0, 0.1) is 0 Å². The maximum absolute atomic E-state index is 11.5. The van der Waals surface area contributed by atoms with Gasteiger partial charge in [-0.25, -0.2) is 4.79 Å². The molecule has 5 nitrogen and oxygen atoms in total. The minimum absolute atomic E-state index is 0.205. The van der Waals surface area contributed by atoms with Gasteiger partial charge in [0.05, 0.1) is 13.2 Å². The second-order valence-corrected chi connectivity index (χ2v) is 4.60. The number of carbonyl (C=O) groups is 1. The van der Waals surface area contributed by atoms with Crippen LogP contribution in [0.15, 0.2) is 24.3 Å². The molecule has 1 unspecified atom stereocenters. The van der Waals surface area contributed by atoms with Crippen LogP contribution in [-0.2, 0) is 6.42 Å². The van der Waals surface area contributed by atoms with Gasteiger partial charge in [-0.1, -0.05) is 25.1 Å². The van der Waals surface area contributed by atoms with E-state index in [0.29, 0.717) is 25.9 Å². The van der Waals surface area contributed by atoms with Crippen LogP contribution in [0.4, 0.5) is 4.79 Å². The van der Waals surface area contributed by atoms with Crippen LogP contribution in [0.1, 0.15) is 25.3 Å². The predicted octanol–water partition coefficient (Wildman–Crippen LogP) is 1.70. The molecule has 0 spiro atoms. The molecule has 20 heavy (non-hydrogen) atoms. The van der Waals surface area contributed by atoms with Crippen LogP contribution in [0.2, 0.25) is 0 Å². The van der Waals surface area contributed by atoms with Gasteiger partial charge in [0.2, 0.25) is 0 Å². The zero-order valence-corrected chi connectivity index (χ0v) is 12.2. The van der Waals surface area contributed by atoms with E-state index < -0.39 is 0 Å². The second kappa shape index (κ2) is 9.20. The third kappa shape index (κ3) is 5.93. The number of hydrogen-bond acceptors (Lipinski definition) is 3. The monoisotopic (exact) mass is 280 g/mol. The summed E-state index contributed by atoms with van der Waals surface area (Å²) in [6.07, 6.45) is 1.66. The highest BCUT2D eigenvalue weighted by molar-refractivity contribution is 5.73. The minimum Gasteiger partial charge on any atom is -0.496 e. The quantitative estimate of drug-likeness (QED) is 0.679. The van der Waals surface area contributed by atoms with Crippen molar-refractivity contribution < 1.29 is 14.6 Å². The Bertz CT molecular complexity index is 410. The summed E-state index contributed by atoms with van der Waals surface area (Å²) in [6, 6.07) is 7.55. The van der Waals surface area contributed by atoms with E-state index in [9.17, 15) is 9.90 Å². The molecule has 0 aliphatic rings. The highest BCUT2D eigenvalue weighted by Crippen LogP contribution is 2.17. The topological polar surface area (TPSA) is 70.6 Å². The first-order chi connectivity index (χ1) is 9.67. The summed E-state index contributed by atoms with van der Waals surface area (Å²) in [6.45, 7) is 2.94. The molecule has 0 heterocycles. The van der Waals surface area contributed by atoms with E-state index in [2.05, 4.69) is 10.6 Å². The summed E-state index contributed by atoms with van der Waals surface area (Å²) in [5.74, 6) is 0.834. The lowest BCUT2D eigenvalue weighted by Gasteiger charge is -2.11. The molecule has 1 aromatic rings. The summed E-state index contributed by atoms with van der Waals surface area (Å²) >= 11 is 0. The number of methoxy groups -OCH3 is 1. The molecule has 0 aliphatic carbocycles. The van der Waals surface area contributed by atoms with Crippen LogP contribution in [0.25, 0.3) is 0 Å². The first kappa shape index (κ1) is 16.3. The van der Waals surface area contributed by atoms with Crippen molar-refractivity contribution in [3.8, 4) is 5.75 Å². The standard InChI is InChI=1S/C15H24N2O3/c1-3-13(18)9-11-17-15(19)16-10-8-12-6-4-5-7-14(12)20-2/h4-7,13,18H,3,8-11H2,1-2H3,(H2,16,17,19). The largest absolute Gasteiger partial charge is 0.496 e. The molecule has 0 bridgehead atoms. The van der Waals surface area contributed by atoms with Crippen molar-refractivity contribution in [2.24, 2.45) is 0 Å². The summed E-state index contributed by atoms with van der Waals surface area (Å²) in [7, 11) is 1.64. The number of aliphatic hydroxyl groups excluding tert-OH is 1. The van der Waals surface area contributed by atoms with Crippen LogP contribution in [-0.4, -0.2) is 37.4 Å². The normalized spacial score (nSPS) is 11.8. The van der Waals surface area contributed by atoms with Gasteiger partial charge in [0.25, 0.3) is 0 Å². The highest BCUT2D eigenvalue weighted by atomic mass is 16.5. The predicted molar refractivity (Wildman–Crippen MR) is 79.0 cm³/mol. The molecule has 0 fully saturated rings. The molecule has 0 saturated carbocycles. The first-order valence-electron chi connectivity index (χ1n) is 6.99. The Hall–Kier alpha value is -1.75. The summed E-state index contributed by atoms with van der Waals surface area (Å²) < 4.78 is 5.25. The van der Waals surface area contributed by atoms with Gasteiger partial charge in [-0.15, -0.1) is 0 Å². The summed E-state index contributed by atoms with van der Waals surface area (Å²) in [4.78, 5) is 11.5. The average Bonchev–Trinajstić information content (AvgIpc) is 2.47. The lowest BCUT2D eigenvalue weighted by molar-refractivity contribution is 0.160. The molecular formula is C15H24N2O3. The lowest BCUT2D eigenvalue weighted by atomic mass is 10.1. The second-order valence-electron chi connectivity index (χ2n) is 4.60. The van der Waals surface area contributed by atoms with Crippen molar-refractivity contribution in [2.75, 3.05) is 20.2 Å². The highest BCUT2D eigenvalue weighted by Gasteiger charge is 2.04. The average molecular weight is 280 g/mol. The van der Waals surface area contributed by atoms with E-state index in [1.54, 1.807) is 7.11 Å². The molecule has 0 saturated heterocycles. The van der Waals surface area contributed by atoms with E-state index in [1.807, 2.05) is 31.2 Å². The molecule has 112 valence electrons. The molecule has 2 amide bonds. The third-order valence-corrected chi connectivity index (χ3v) is 3.11. The van der Waals surface area contributed by atoms with Crippen molar-refractivity contribution >= 4 is 6.03 Å². The van der Waals surface area contributed by atoms with Gasteiger partial charge in [0, 0.05) is 13.1 Å². The minimum atomic E-state index is -0.344. The fraction of sp³-hybridized carbons (Fsp3) is 0.533. The Balaban J connectivity index is 2.21. The van der Waals surface area contributed by atoms with Gasteiger partial charge in [-0.2, -0.15) is 0 Å². The third-order valence-electron chi connectivity index (χ3n) is 3.11. The molecule has 3 N–H and O–H groups in total. The molecular weight excluding hydrogens is 256 g/mol. The van der Waals surface area contributed by atoms with Crippen LogP contribution in [0.5, 0.6) is 5.75 Å². The molecule has 1 aromatic carbocycles. The van der Waals surface area contributed by atoms with Gasteiger partial charge in [-0.05, 0) is 30.9 Å². The SMILES string of the molecule is CCC(O)CCNC(=O)NCCc1ccccc1OC. The summed E-state index contributed by atoms with van der Waals surface area (Å²) in [5.41, 5.74) is 1.07. The zero-order valence-electron chi connectivity index (χ0n) is 12.2. The van der Waals surface area contributed by atoms with Gasteiger partial charge >= 0.3 is 6.03 Å². The smallest absolute Gasteiger partial charge is 0.314 e. The molecule has 1 atom stereocenters. The molecule has 0 aromatic heterocycles. The van der Waals surface area contributed by atoms with Gasteiger partial charge in [0.1, 0.15) is 5.75 Å². The number of para-hydroxylation sites is 1. The first-order valence-corrected chi connectivity index (χ1v) is 6.99. The van der Waals surface area contributed by atoms with Crippen LogP contribution in [0.3, 0.4) is 0 Å². The molecule has 0 aliphatic heterocycles. The number of carbonyl (C=O) groups excluding carboxylic acids is 1. The Morgan fingerprint density at radius 3 is 2.70 bits per heavy atom. The van der Waals surface area contributed by atoms with E-state index in [-0.39, 0.29) is 12.1 Å². The zero-order chi connectivity index (χ0) is 14.8. The molecule has 1 rings (SSSR count). The fourth-order valence-corrected chi connectivity index (χ4v) is 1.84. The Labute approximate surface area is 120 Å². The number of rotatable bonds is 8. The van der Waals surface area contributed by atoms with Crippen molar-refractivity contribution in [2.45, 2.75) is 32.3 Å². The maximum Gasteiger partial charge on any atom is 0.314 e. The molecule has 5 heteroatoms. The summed E-state index contributed by atoms with van der Waals surface area (Å²) in [5, 5.41) is 14.9.